The van der Waals surface area contributed by atoms with Crippen LogP contribution in [0.5, 0.6) is 0 Å². The van der Waals surface area contributed by atoms with Crippen LogP contribution in [0.4, 0.5) is 11.4 Å². The van der Waals surface area contributed by atoms with E-state index in [1.807, 2.05) is 42.6 Å². The van der Waals surface area contributed by atoms with Crippen LogP contribution in [0.1, 0.15) is 101 Å². The second-order valence-corrected chi connectivity index (χ2v) is 15.0. The third-order valence-electron chi connectivity index (χ3n) is 10.0. The molecule has 6 heteroatoms. The number of aromatic nitrogens is 3. The number of benzene rings is 5. The summed E-state index contributed by atoms with van der Waals surface area (Å²) in [6.45, 7) is 20.5. The molecule has 0 fully saturated rings. The SMILES string of the molecule is CC(C)c1cccc(C(C)C)c1N1C=CN(c2c(C(C)C)cccc2C(C)C)[CH-]1.[Cu+2].c1ccc2c(-c3nc4c(ccc5ccccc54)[n-]3)nccc2c1. The molecule has 1 aliphatic rings. The first-order valence-electron chi connectivity index (χ1n) is 18.6. The smallest absolute Gasteiger partial charge is 0.479 e. The summed E-state index contributed by atoms with van der Waals surface area (Å²) in [6, 6.07) is 36.1. The normalized spacial score (nSPS) is 12.8. The summed E-state index contributed by atoms with van der Waals surface area (Å²) in [5, 5.41) is 4.53. The molecule has 2 aromatic heterocycles. The molecule has 0 saturated carbocycles. The molecule has 0 saturated heterocycles. The maximum atomic E-state index is 4.79. The average molecular weight is 747 g/mol. The van der Waals surface area contributed by atoms with Crippen LogP contribution < -0.4 is 14.8 Å². The average Bonchev–Trinajstić information content (AvgIpc) is 3.82. The number of rotatable bonds is 7. The van der Waals surface area contributed by atoms with Gasteiger partial charge in [0.15, 0.2) is 0 Å². The third kappa shape index (κ3) is 7.49. The van der Waals surface area contributed by atoms with E-state index in [0.717, 1.165) is 32.9 Å². The van der Waals surface area contributed by atoms with Crippen molar-refractivity contribution in [3.8, 4) is 11.5 Å². The summed E-state index contributed by atoms with van der Waals surface area (Å²) in [5.41, 5.74) is 11.0. The maximum absolute atomic E-state index is 4.79. The van der Waals surface area contributed by atoms with E-state index in [9.17, 15) is 0 Å². The van der Waals surface area contributed by atoms with Crippen LogP contribution in [-0.4, -0.2) is 9.97 Å². The van der Waals surface area contributed by atoms with Crippen molar-refractivity contribution < 1.29 is 17.1 Å². The van der Waals surface area contributed by atoms with Gasteiger partial charge in [-0.3, -0.25) is 4.98 Å². The predicted molar refractivity (Wildman–Crippen MR) is 221 cm³/mol. The zero-order chi connectivity index (χ0) is 36.5. The first kappa shape index (κ1) is 37.8. The van der Waals surface area contributed by atoms with Crippen molar-refractivity contribution >= 4 is 44.0 Å². The van der Waals surface area contributed by atoms with Crippen LogP contribution in [0.2, 0.25) is 0 Å². The van der Waals surface area contributed by atoms with Gasteiger partial charge in [-0.25, -0.2) is 0 Å². The molecule has 1 radical (unpaired) electrons. The Kier molecular flexibility index (Phi) is 11.4. The van der Waals surface area contributed by atoms with Gasteiger partial charge in [-0.15, -0.1) is 6.67 Å². The molecule has 7 aromatic rings. The van der Waals surface area contributed by atoms with Crippen LogP contribution in [0.3, 0.4) is 0 Å². The molecule has 3 heterocycles. The Bertz CT molecular complexity index is 2260. The molecule has 0 aliphatic carbocycles. The summed E-state index contributed by atoms with van der Waals surface area (Å²) in [7, 11) is 0. The van der Waals surface area contributed by atoms with E-state index in [-0.39, 0.29) is 17.1 Å². The number of fused-ring (bicyclic) bond motifs is 4. The van der Waals surface area contributed by atoms with Crippen LogP contribution in [-0.2, 0) is 17.1 Å². The fourth-order valence-electron chi connectivity index (χ4n) is 7.34. The number of para-hydroxylation sites is 2. The number of pyridine rings is 1. The fraction of sp³-hybridized carbons (Fsp3) is 0.255. The Labute approximate surface area is 325 Å². The molecule has 8 rings (SSSR count). The zero-order valence-electron chi connectivity index (χ0n) is 32.0. The minimum Gasteiger partial charge on any atom is -0.479 e. The third-order valence-corrected chi connectivity index (χ3v) is 10.0. The summed E-state index contributed by atoms with van der Waals surface area (Å²) in [6.07, 6.45) is 6.25. The quantitative estimate of drug-likeness (QED) is 0.120. The second kappa shape index (κ2) is 16.0. The molecule has 273 valence electrons. The first-order chi connectivity index (χ1) is 25.1. The number of hydrogen-bond donors (Lipinski definition) is 0. The van der Waals surface area contributed by atoms with Gasteiger partial charge in [0.25, 0.3) is 0 Å². The maximum Gasteiger partial charge on any atom is 2.00 e. The van der Waals surface area contributed by atoms with E-state index >= 15 is 0 Å². The topological polar surface area (TPSA) is 46.4 Å². The van der Waals surface area contributed by atoms with Crippen molar-refractivity contribution in [2.75, 3.05) is 9.80 Å². The molecule has 0 N–H and O–H groups in total. The van der Waals surface area contributed by atoms with Gasteiger partial charge in [0, 0.05) is 23.0 Å². The summed E-state index contributed by atoms with van der Waals surface area (Å²) in [5.74, 6) is 2.61. The summed E-state index contributed by atoms with van der Waals surface area (Å²) in [4.78, 5) is 18.7. The summed E-state index contributed by atoms with van der Waals surface area (Å²) >= 11 is 0. The molecule has 5 aromatic carbocycles. The van der Waals surface area contributed by atoms with Crippen molar-refractivity contribution in [1.29, 1.82) is 0 Å². The van der Waals surface area contributed by atoms with Gasteiger partial charge in [-0.05, 0) is 97.4 Å². The van der Waals surface area contributed by atoms with Gasteiger partial charge < -0.3 is 19.8 Å². The largest absolute Gasteiger partial charge is 2.00 e. The van der Waals surface area contributed by atoms with Gasteiger partial charge in [0.1, 0.15) is 0 Å². The van der Waals surface area contributed by atoms with E-state index in [0.29, 0.717) is 29.5 Å². The molecular formula is C47H49CuN5. The van der Waals surface area contributed by atoms with Crippen molar-refractivity contribution in [3.05, 3.63) is 151 Å². The number of imidazole rings is 1. The summed E-state index contributed by atoms with van der Waals surface area (Å²) < 4.78 is 0. The van der Waals surface area contributed by atoms with E-state index in [2.05, 4.69) is 156 Å². The number of anilines is 2. The van der Waals surface area contributed by atoms with Gasteiger partial charge in [-0.1, -0.05) is 152 Å². The molecule has 0 bridgehead atoms. The van der Waals surface area contributed by atoms with Gasteiger partial charge in [-0.2, -0.15) is 0 Å². The Morgan fingerprint density at radius 2 is 1.00 bits per heavy atom. The fourth-order valence-corrected chi connectivity index (χ4v) is 7.34. The van der Waals surface area contributed by atoms with E-state index in [1.165, 1.54) is 39.0 Å². The van der Waals surface area contributed by atoms with Gasteiger partial charge in [0.05, 0.1) is 5.69 Å². The van der Waals surface area contributed by atoms with Crippen LogP contribution in [0.25, 0.3) is 44.1 Å². The van der Waals surface area contributed by atoms with Crippen LogP contribution >= 0.6 is 0 Å². The van der Waals surface area contributed by atoms with Gasteiger partial charge >= 0.3 is 17.1 Å². The van der Waals surface area contributed by atoms with Crippen molar-refractivity contribution in [2.45, 2.75) is 79.1 Å². The molecule has 0 spiro atoms. The number of hydrogen-bond acceptors (Lipinski definition) is 4. The van der Waals surface area contributed by atoms with E-state index in [4.69, 9.17) is 9.97 Å². The molecule has 0 amide bonds. The Balaban J connectivity index is 0.000000182. The minimum atomic E-state index is 0. The Hall–Kier alpha value is -4.90. The molecular weight excluding hydrogens is 698 g/mol. The van der Waals surface area contributed by atoms with Crippen LogP contribution in [0, 0.1) is 6.67 Å². The van der Waals surface area contributed by atoms with Crippen molar-refractivity contribution in [2.24, 2.45) is 0 Å². The second-order valence-electron chi connectivity index (χ2n) is 15.0. The molecule has 5 nitrogen and oxygen atoms in total. The van der Waals surface area contributed by atoms with Crippen molar-refractivity contribution in [3.63, 3.8) is 0 Å². The Morgan fingerprint density at radius 3 is 1.51 bits per heavy atom. The number of nitrogens with zero attached hydrogens (tertiary/aromatic N) is 5. The minimum absolute atomic E-state index is 0. The molecule has 0 atom stereocenters. The first-order valence-corrected chi connectivity index (χ1v) is 18.6. The standard InChI is InChI=1S/C27H37N2.C20H12N3.Cu/c1-18(2)22-11-9-12-23(19(3)4)26(22)28-15-16-29(17-28)27-24(20(5)6)13-10-14-25(27)21(7)8;1-3-7-15-13(5-1)9-10-17-18(15)23-20(22-17)19-16-8-4-2-6-14(16)11-12-21-19;/h9-21H,1-8H3;1-12H;/q2*-1;+2. The molecule has 1 aliphatic heterocycles. The zero-order valence-corrected chi connectivity index (χ0v) is 32.9. The monoisotopic (exact) mass is 746 g/mol. The van der Waals surface area contributed by atoms with Crippen LogP contribution in [0.15, 0.2) is 122 Å². The molecule has 0 unspecified atom stereocenters. The van der Waals surface area contributed by atoms with E-state index < -0.39 is 0 Å². The predicted octanol–water partition coefficient (Wildman–Crippen LogP) is 12.7. The van der Waals surface area contributed by atoms with E-state index in [1.54, 1.807) is 0 Å². The molecule has 53 heavy (non-hydrogen) atoms. The Morgan fingerprint density at radius 1 is 0.528 bits per heavy atom. The van der Waals surface area contributed by atoms with Crippen molar-refractivity contribution in [1.82, 2.24) is 15.0 Å². The van der Waals surface area contributed by atoms with Gasteiger partial charge in [0.2, 0.25) is 0 Å².